The van der Waals surface area contributed by atoms with E-state index in [1.807, 2.05) is 0 Å². The highest BCUT2D eigenvalue weighted by Crippen LogP contribution is 2.37. The van der Waals surface area contributed by atoms with Crippen molar-refractivity contribution < 1.29 is 9.90 Å². The number of nitrogens with two attached hydrogens (primary N) is 1. The molecule has 1 aromatic heterocycles. The van der Waals surface area contributed by atoms with E-state index in [9.17, 15) is 9.90 Å². The molecule has 3 N–H and O–H groups in total. The molecule has 96 valence electrons. The largest absolute Gasteiger partial charge is 0.393 e. The van der Waals surface area contributed by atoms with E-state index in [2.05, 4.69) is 14.9 Å². The lowest BCUT2D eigenvalue weighted by atomic mass is 10.0. The molecule has 6 nitrogen and oxygen atoms in total. The third-order valence-corrected chi connectivity index (χ3v) is 3.83. The zero-order valence-corrected chi connectivity index (χ0v) is 9.99. The van der Waals surface area contributed by atoms with E-state index >= 15 is 0 Å². The van der Waals surface area contributed by atoms with Crippen molar-refractivity contribution in [3.05, 3.63) is 18.0 Å². The molecule has 2 aliphatic heterocycles. The molecule has 2 saturated heterocycles. The molecule has 1 amide bonds. The minimum Gasteiger partial charge on any atom is -0.393 e. The molecule has 2 fully saturated rings. The Morgan fingerprint density at radius 2 is 2.06 bits per heavy atom. The summed E-state index contributed by atoms with van der Waals surface area (Å²) in [5, 5.41) is 9.76. The van der Waals surface area contributed by atoms with Gasteiger partial charge in [-0.25, -0.2) is 9.97 Å². The molecule has 0 radical (unpaired) electrons. The average Bonchev–Trinajstić information content (AvgIpc) is 2.62. The van der Waals surface area contributed by atoms with Gasteiger partial charge >= 0.3 is 0 Å². The van der Waals surface area contributed by atoms with Crippen molar-refractivity contribution in [3.63, 3.8) is 0 Å². The first-order valence-electron chi connectivity index (χ1n) is 6.24. The Hall–Kier alpha value is -1.69. The summed E-state index contributed by atoms with van der Waals surface area (Å²) >= 11 is 0. The molecular formula is C12H16N4O2. The lowest BCUT2D eigenvalue weighted by molar-refractivity contribution is 0.0994. The van der Waals surface area contributed by atoms with Crippen LogP contribution in [-0.2, 0) is 0 Å². The van der Waals surface area contributed by atoms with Gasteiger partial charge in [-0.15, -0.1) is 0 Å². The second-order valence-corrected chi connectivity index (χ2v) is 5.02. The third kappa shape index (κ3) is 1.82. The molecule has 0 saturated carbocycles. The number of anilines is 1. The monoisotopic (exact) mass is 248 g/mol. The maximum Gasteiger partial charge on any atom is 0.267 e. The number of hydrogen-bond donors (Lipinski definition) is 2. The number of nitrogens with zero attached hydrogens (tertiary/aromatic N) is 3. The van der Waals surface area contributed by atoms with E-state index in [1.165, 1.54) is 6.07 Å². The summed E-state index contributed by atoms with van der Waals surface area (Å²) in [5.41, 5.74) is 5.47. The zero-order valence-electron chi connectivity index (χ0n) is 9.99. The first-order chi connectivity index (χ1) is 8.65. The van der Waals surface area contributed by atoms with Gasteiger partial charge in [-0.05, 0) is 31.7 Å². The summed E-state index contributed by atoms with van der Waals surface area (Å²) in [5.74, 6) is 0.0220. The number of aromatic nitrogens is 2. The Morgan fingerprint density at radius 1 is 1.39 bits per heavy atom. The number of aliphatic hydroxyl groups is 1. The Kier molecular flexibility index (Phi) is 2.66. The molecular weight excluding hydrogens is 232 g/mol. The number of amides is 1. The molecule has 0 aliphatic carbocycles. The fourth-order valence-electron chi connectivity index (χ4n) is 3.08. The minimum absolute atomic E-state index is 0.224. The van der Waals surface area contributed by atoms with Crippen molar-refractivity contribution >= 4 is 11.9 Å². The summed E-state index contributed by atoms with van der Waals surface area (Å²) in [7, 11) is 0. The molecule has 0 aromatic carbocycles. The van der Waals surface area contributed by atoms with Gasteiger partial charge in [0, 0.05) is 18.3 Å². The van der Waals surface area contributed by atoms with E-state index in [-0.39, 0.29) is 23.9 Å². The predicted molar refractivity (Wildman–Crippen MR) is 65.1 cm³/mol. The smallest absolute Gasteiger partial charge is 0.267 e. The van der Waals surface area contributed by atoms with Crippen molar-refractivity contribution in [2.75, 3.05) is 4.90 Å². The number of piperidine rings is 1. The fourth-order valence-corrected chi connectivity index (χ4v) is 3.08. The lowest BCUT2D eigenvalue weighted by Crippen LogP contribution is -2.45. The maximum atomic E-state index is 11.1. The second-order valence-electron chi connectivity index (χ2n) is 5.02. The average molecular weight is 248 g/mol. The predicted octanol–water partition coefficient (Wildman–Crippen LogP) is 0.0676. The van der Waals surface area contributed by atoms with Crippen molar-refractivity contribution in [2.24, 2.45) is 5.73 Å². The van der Waals surface area contributed by atoms with E-state index in [0.29, 0.717) is 5.95 Å². The quantitative estimate of drug-likeness (QED) is 0.772. The number of fused-ring (bicyclic) bond motifs is 2. The van der Waals surface area contributed by atoms with Crippen LogP contribution in [0, 0.1) is 0 Å². The fraction of sp³-hybridized carbons (Fsp3) is 0.583. The van der Waals surface area contributed by atoms with Crippen molar-refractivity contribution in [2.45, 2.75) is 43.9 Å². The highest BCUT2D eigenvalue weighted by Gasteiger charge is 2.41. The van der Waals surface area contributed by atoms with Gasteiger partial charge in [-0.2, -0.15) is 0 Å². The van der Waals surface area contributed by atoms with Crippen LogP contribution in [0.1, 0.15) is 36.2 Å². The molecule has 0 spiro atoms. The first-order valence-corrected chi connectivity index (χ1v) is 6.24. The van der Waals surface area contributed by atoms with Crippen LogP contribution in [0.4, 0.5) is 5.95 Å². The summed E-state index contributed by atoms with van der Waals surface area (Å²) in [4.78, 5) is 21.7. The summed E-state index contributed by atoms with van der Waals surface area (Å²) < 4.78 is 0. The van der Waals surface area contributed by atoms with E-state index in [0.717, 1.165) is 25.7 Å². The van der Waals surface area contributed by atoms with Crippen molar-refractivity contribution in [1.82, 2.24) is 9.97 Å². The highest BCUT2D eigenvalue weighted by molar-refractivity contribution is 5.90. The molecule has 1 aromatic rings. The van der Waals surface area contributed by atoms with Crippen molar-refractivity contribution in [3.8, 4) is 0 Å². The van der Waals surface area contributed by atoms with E-state index in [4.69, 9.17) is 5.73 Å². The molecule has 3 heterocycles. The van der Waals surface area contributed by atoms with Crippen LogP contribution in [0.5, 0.6) is 0 Å². The zero-order chi connectivity index (χ0) is 12.7. The Labute approximate surface area is 105 Å². The van der Waals surface area contributed by atoms with Gasteiger partial charge < -0.3 is 15.7 Å². The van der Waals surface area contributed by atoms with Crippen LogP contribution >= 0.6 is 0 Å². The Balaban J connectivity index is 1.91. The van der Waals surface area contributed by atoms with Gasteiger partial charge in [-0.3, -0.25) is 4.79 Å². The number of primary amides is 1. The molecule has 2 bridgehead atoms. The van der Waals surface area contributed by atoms with Crippen LogP contribution in [-0.4, -0.2) is 39.2 Å². The standard InChI is InChI=1S/C12H16N4O2/c13-11(18)10-3-4-14-12(15-10)16-7-1-2-8(16)6-9(17)5-7/h3-4,7-9,17H,1-2,5-6H2,(H2,13,18). The molecule has 2 aliphatic rings. The SMILES string of the molecule is NC(=O)c1ccnc(N2C3CCC2CC(O)C3)n1. The van der Waals surface area contributed by atoms with Gasteiger partial charge in [-0.1, -0.05) is 0 Å². The van der Waals surface area contributed by atoms with Gasteiger partial charge in [0.1, 0.15) is 5.69 Å². The Morgan fingerprint density at radius 3 is 2.67 bits per heavy atom. The molecule has 2 atom stereocenters. The number of hydrogen-bond acceptors (Lipinski definition) is 5. The van der Waals surface area contributed by atoms with Gasteiger partial charge in [0.15, 0.2) is 0 Å². The van der Waals surface area contributed by atoms with Crippen LogP contribution < -0.4 is 10.6 Å². The van der Waals surface area contributed by atoms with Crippen molar-refractivity contribution in [1.29, 1.82) is 0 Å². The first kappa shape index (κ1) is 11.4. The van der Waals surface area contributed by atoms with E-state index < -0.39 is 5.91 Å². The van der Waals surface area contributed by atoms with Gasteiger partial charge in [0.05, 0.1) is 6.10 Å². The number of aliphatic hydroxyl groups excluding tert-OH is 1. The van der Waals surface area contributed by atoms with Crippen LogP contribution in [0.15, 0.2) is 12.3 Å². The van der Waals surface area contributed by atoms with Crippen LogP contribution in [0.2, 0.25) is 0 Å². The summed E-state index contributed by atoms with van der Waals surface area (Å²) in [6.07, 6.45) is 4.93. The van der Waals surface area contributed by atoms with Gasteiger partial charge in [0.25, 0.3) is 5.91 Å². The van der Waals surface area contributed by atoms with Crippen LogP contribution in [0.3, 0.4) is 0 Å². The summed E-state index contributed by atoms with van der Waals surface area (Å²) in [6.45, 7) is 0. The Bertz CT molecular complexity index is 465. The number of carbonyl (C=O) groups excluding carboxylic acids is 1. The highest BCUT2D eigenvalue weighted by atomic mass is 16.3. The maximum absolute atomic E-state index is 11.1. The number of rotatable bonds is 2. The lowest BCUT2D eigenvalue weighted by Gasteiger charge is -2.37. The molecule has 3 rings (SSSR count). The molecule has 2 unspecified atom stereocenters. The minimum atomic E-state index is -0.539. The topological polar surface area (TPSA) is 92.3 Å². The van der Waals surface area contributed by atoms with Gasteiger partial charge in [0.2, 0.25) is 5.95 Å². The normalized spacial score (nSPS) is 30.5. The molecule has 18 heavy (non-hydrogen) atoms. The third-order valence-electron chi connectivity index (χ3n) is 3.83. The summed E-state index contributed by atoms with van der Waals surface area (Å²) in [6, 6.07) is 2.08. The molecule has 6 heteroatoms. The van der Waals surface area contributed by atoms with Crippen LogP contribution in [0.25, 0.3) is 0 Å². The second kappa shape index (κ2) is 4.20. The number of carbonyl (C=O) groups is 1. The van der Waals surface area contributed by atoms with E-state index in [1.54, 1.807) is 6.20 Å².